The molecule has 2 aromatic carbocycles. The number of fused-ring (bicyclic) bond motifs is 1. The number of anilines is 1. The summed E-state index contributed by atoms with van der Waals surface area (Å²) in [5.74, 6) is -0.179. The molecular formula is C20H17N7O3. The molecule has 0 saturated carbocycles. The Morgan fingerprint density at radius 1 is 1.13 bits per heavy atom. The molecule has 0 fully saturated rings. The molecule has 10 heteroatoms. The van der Waals surface area contributed by atoms with Crippen molar-refractivity contribution < 1.29 is 9.72 Å². The second-order valence-electron chi connectivity index (χ2n) is 6.69. The zero-order chi connectivity index (χ0) is 21.3. The first kappa shape index (κ1) is 19.0. The third-order valence-electron chi connectivity index (χ3n) is 4.56. The smallest absolute Gasteiger partial charge is 0.270 e. The lowest BCUT2D eigenvalue weighted by Gasteiger charge is -2.10. The molecule has 4 aromatic rings. The lowest BCUT2D eigenvalue weighted by molar-refractivity contribution is -0.384. The number of nitrogens with one attached hydrogen (secondary N) is 2. The third kappa shape index (κ3) is 3.53. The van der Waals surface area contributed by atoms with Crippen molar-refractivity contribution in [3.63, 3.8) is 0 Å². The van der Waals surface area contributed by atoms with E-state index in [2.05, 4.69) is 32.0 Å². The summed E-state index contributed by atoms with van der Waals surface area (Å²) in [6, 6.07) is 11.5. The highest BCUT2D eigenvalue weighted by Gasteiger charge is 2.15. The number of hydrogen-bond acceptors (Lipinski definition) is 7. The van der Waals surface area contributed by atoms with Gasteiger partial charge in [0.15, 0.2) is 11.5 Å². The van der Waals surface area contributed by atoms with Gasteiger partial charge < -0.3 is 0 Å². The van der Waals surface area contributed by atoms with E-state index in [1.165, 1.54) is 30.6 Å². The van der Waals surface area contributed by atoms with Gasteiger partial charge >= 0.3 is 0 Å². The van der Waals surface area contributed by atoms with Crippen molar-refractivity contribution in [3.05, 3.63) is 81.8 Å². The van der Waals surface area contributed by atoms with Gasteiger partial charge in [0.2, 0.25) is 0 Å². The van der Waals surface area contributed by atoms with Crippen LogP contribution in [0.5, 0.6) is 0 Å². The molecule has 0 spiro atoms. The van der Waals surface area contributed by atoms with Crippen LogP contribution in [0.3, 0.4) is 0 Å². The minimum Gasteiger partial charge on any atom is -0.281 e. The quantitative estimate of drug-likeness (QED) is 0.387. The molecule has 150 valence electrons. The molecule has 0 aliphatic heterocycles. The van der Waals surface area contributed by atoms with E-state index in [4.69, 9.17) is 0 Å². The van der Waals surface area contributed by atoms with Gasteiger partial charge in [-0.05, 0) is 31.5 Å². The SMILES string of the molecule is Cc1ccc(-n2ncc3c(NNC(=O)c4cccc([N+](=O)[O-])c4)ncnc32)c(C)c1. The number of nitro benzene ring substituents is 1. The fourth-order valence-corrected chi connectivity index (χ4v) is 3.11. The summed E-state index contributed by atoms with van der Waals surface area (Å²) in [7, 11) is 0. The number of carbonyl (C=O) groups excluding carboxylic acids is 1. The second-order valence-corrected chi connectivity index (χ2v) is 6.69. The van der Waals surface area contributed by atoms with E-state index in [1.54, 1.807) is 10.9 Å². The fraction of sp³-hybridized carbons (Fsp3) is 0.100. The van der Waals surface area contributed by atoms with Crippen LogP contribution in [-0.4, -0.2) is 30.6 Å². The highest BCUT2D eigenvalue weighted by Crippen LogP contribution is 2.23. The Kier molecular flexibility index (Phi) is 4.80. The average molecular weight is 403 g/mol. The van der Waals surface area contributed by atoms with Gasteiger partial charge in [0.1, 0.15) is 6.33 Å². The van der Waals surface area contributed by atoms with Crippen LogP contribution in [0, 0.1) is 24.0 Å². The normalized spacial score (nSPS) is 10.7. The summed E-state index contributed by atoms with van der Waals surface area (Å²) in [5.41, 5.74) is 8.89. The Bertz CT molecular complexity index is 1280. The Labute approximate surface area is 170 Å². The Balaban J connectivity index is 1.60. The maximum atomic E-state index is 12.4. The van der Waals surface area contributed by atoms with Gasteiger partial charge in [-0.15, -0.1) is 0 Å². The monoisotopic (exact) mass is 403 g/mol. The van der Waals surface area contributed by atoms with Crippen LogP contribution in [0.4, 0.5) is 11.5 Å². The van der Waals surface area contributed by atoms with E-state index in [-0.39, 0.29) is 11.3 Å². The van der Waals surface area contributed by atoms with Gasteiger partial charge in [-0.2, -0.15) is 5.10 Å². The van der Waals surface area contributed by atoms with Crippen LogP contribution in [0.2, 0.25) is 0 Å². The van der Waals surface area contributed by atoms with Crippen LogP contribution in [-0.2, 0) is 0 Å². The topological polar surface area (TPSA) is 128 Å². The van der Waals surface area contributed by atoms with Crippen LogP contribution in [0.1, 0.15) is 21.5 Å². The summed E-state index contributed by atoms with van der Waals surface area (Å²) >= 11 is 0. The second kappa shape index (κ2) is 7.59. The largest absolute Gasteiger partial charge is 0.281 e. The van der Waals surface area contributed by atoms with Gasteiger partial charge in [0.05, 0.1) is 22.2 Å². The van der Waals surface area contributed by atoms with Gasteiger partial charge in [0, 0.05) is 17.7 Å². The van der Waals surface area contributed by atoms with Crippen molar-refractivity contribution in [2.24, 2.45) is 0 Å². The molecule has 0 atom stereocenters. The summed E-state index contributed by atoms with van der Waals surface area (Å²) in [6.07, 6.45) is 2.97. The predicted octanol–water partition coefficient (Wildman–Crippen LogP) is 3.10. The standard InChI is InChI=1S/C20H17N7O3/c1-12-6-7-17(13(2)8-12)26-19-16(10-23-26)18(21-11-22-19)24-25-20(28)14-4-3-5-15(9-14)27(29)30/h3-11H,1-2H3,(H,25,28)(H,21,22,24). The van der Waals surface area contributed by atoms with E-state index in [0.29, 0.717) is 16.9 Å². The van der Waals surface area contributed by atoms with E-state index in [9.17, 15) is 14.9 Å². The van der Waals surface area contributed by atoms with Gasteiger partial charge in [0.25, 0.3) is 11.6 Å². The fourth-order valence-electron chi connectivity index (χ4n) is 3.11. The number of rotatable bonds is 5. The molecule has 0 aliphatic rings. The molecule has 0 bridgehead atoms. The van der Waals surface area contributed by atoms with Crippen LogP contribution in [0.15, 0.2) is 55.0 Å². The number of nitro groups is 1. The summed E-state index contributed by atoms with van der Waals surface area (Å²) in [4.78, 5) is 31.2. The highest BCUT2D eigenvalue weighted by atomic mass is 16.6. The van der Waals surface area contributed by atoms with Crippen molar-refractivity contribution in [1.82, 2.24) is 25.2 Å². The number of hydrogen-bond donors (Lipinski definition) is 2. The molecular weight excluding hydrogens is 386 g/mol. The van der Waals surface area contributed by atoms with Crippen LogP contribution in [0.25, 0.3) is 16.7 Å². The molecule has 30 heavy (non-hydrogen) atoms. The molecule has 10 nitrogen and oxygen atoms in total. The number of aryl methyl sites for hydroxylation is 2. The minimum absolute atomic E-state index is 0.146. The first-order valence-corrected chi connectivity index (χ1v) is 9.01. The molecule has 4 rings (SSSR count). The molecule has 0 aliphatic carbocycles. The molecule has 0 saturated heterocycles. The van der Waals surface area contributed by atoms with E-state index < -0.39 is 10.8 Å². The number of aromatic nitrogens is 4. The van der Waals surface area contributed by atoms with E-state index in [0.717, 1.165) is 16.8 Å². The Morgan fingerprint density at radius 2 is 1.97 bits per heavy atom. The number of carbonyl (C=O) groups is 1. The molecule has 0 unspecified atom stereocenters. The van der Waals surface area contributed by atoms with Crippen molar-refractivity contribution in [3.8, 4) is 5.69 Å². The maximum Gasteiger partial charge on any atom is 0.270 e. The summed E-state index contributed by atoms with van der Waals surface area (Å²) < 4.78 is 1.71. The predicted molar refractivity (Wildman–Crippen MR) is 110 cm³/mol. The minimum atomic E-state index is -0.556. The first-order chi connectivity index (χ1) is 14.4. The van der Waals surface area contributed by atoms with Crippen molar-refractivity contribution in [2.45, 2.75) is 13.8 Å². The lowest BCUT2D eigenvalue weighted by Crippen LogP contribution is -2.29. The van der Waals surface area contributed by atoms with Crippen molar-refractivity contribution in [1.29, 1.82) is 0 Å². The van der Waals surface area contributed by atoms with Crippen molar-refractivity contribution >= 4 is 28.4 Å². The van der Waals surface area contributed by atoms with Crippen LogP contribution < -0.4 is 10.9 Å². The Morgan fingerprint density at radius 3 is 2.73 bits per heavy atom. The highest BCUT2D eigenvalue weighted by molar-refractivity contribution is 5.96. The molecule has 2 aromatic heterocycles. The number of amides is 1. The third-order valence-corrected chi connectivity index (χ3v) is 4.56. The maximum absolute atomic E-state index is 12.4. The lowest BCUT2D eigenvalue weighted by atomic mass is 10.1. The zero-order valence-corrected chi connectivity index (χ0v) is 16.2. The van der Waals surface area contributed by atoms with Gasteiger partial charge in [-0.1, -0.05) is 23.8 Å². The van der Waals surface area contributed by atoms with Crippen LogP contribution >= 0.6 is 0 Å². The number of nitrogens with zero attached hydrogens (tertiary/aromatic N) is 5. The van der Waals surface area contributed by atoms with Gasteiger partial charge in [-0.25, -0.2) is 14.6 Å². The Hall–Kier alpha value is -4.34. The van der Waals surface area contributed by atoms with Gasteiger partial charge in [-0.3, -0.25) is 25.8 Å². The van der Waals surface area contributed by atoms with E-state index in [1.807, 2.05) is 26.0 Å². The summed E-state index contributed by atoms with van der Waals surface area (Å²) in [5, 5.41) is 15.9. The number of non-ortho nitro benzene ring substituents is 1. The zero-order valence-electron chi connectivity index (χ0n) is 16.2. The molecule has 2 N–H and O–H groups in total. The molecule has 1 amide bonds. The average Bonchev–Trinajstić information content (AvgIpc) is 3.16. The first-order valence-electron chi connectivity index (χ1n) is 9.01. The number of hydrazine groups is 1. The molecule has 2 heterocycles. The van der Waals surface area contributed by atoms with E-state index >= 15 is 0 Å². The molecule has 0 radical (unpaired) electrons. The summed E-state index contributed by atoms with van der Waals surface area (Å²) in [6.45, 7) is 4.02. The number of benzene rings is 2. The van der Waals surface area contributed by atoms with Crippen molar-refractivity contribution in [2.75, 3.05) is 5.43 Å².